The van der Waals surface area contributed by atoms with Crippen LogP contribution in [-0.4, -0.2) is 26.1 Å². The summed E-state index contributed by atoms with van der Waals surface area (Å²) in [4.78, 5) is 11.7. The summed E-state index contributed by atoms with van der Waals surface area (Å²) in [5, 5.41) is 0. The Bertz CT molecular complexity index is 320. The molecular weight excluding hydrogens is 192 g/mol. The predicted molar refractivity (Wildman–Crippen MR) is 58.4 cm³/mol. The van der Waals surface area contributed by atoms with Crippen LogP contribution in [0.5, 0.6) is 5.75 Å². The highest BCUT2D eigenvalue weighted by atomic mass is 16.5. The molecular formula is C12H16O3. The fourth-order valence-corrected chi connectivity index (χ4v) is 1.25. The molecule has 15 heavy (non-hydrogen) atoms. The molecule has 0 radical (unpaired) electrons. The van der Waals surface area contributed by atoms with E-state index in [2.05, 4.69) is 0 Å². The minimum atomic E-state index is 0.0855. The molecule has 0 spiro atoms. The van der Waals surface area contributed by atoms with Gasteiger partial charge in [-0.2, -0.15) is 0 Å². The molecule has 0 atom stereocenters. The Morgan fingerprint density at radius 1 is 1.40 bits per heavy atom. The zero-order valence-electron chi connectivity index (χ0n) is 9.16. The third kappa shape index (κ3) is 3.72. The van der Waals surface area contributed by atoms with E-state index in [1.165, 1.54) is 0 Å². The van der Waals surface area contributed by atoms with Gasteiger partial charge in [0, 0.05) is 18.6 Å². The maximum Gasteiger partial charge on any atom is 0.165 e. The average molecular weight is 208 g/mol. The van der Waals surface area contributed by atoms with Crippen molar-refractivity contribution in [1.82, 2.24) is 0 Å². The summed E-state index contributed by atoms with van der Waals surface area (Å²) in [6, 6.07) is 7.16. The third-order valence-electron chi connectivity index (χ3n) is 2.07. The molecule has 82 valence electrons. The summed E-state index contributed by atoms with van der Waals surface area (Å²) in [7, 11) is 1.59. The van der Waals surface area contributed by atoms with Crippen LogP contribution in [-0.2, 0) is 4.74 Å². The van der Waals surface area contributed by atoms with Gasteiger partial charge in [-0.05, 0) is 19.1 Å². The second kappa shape index (κ2) is 6.19. The molecule has 0 aliphatic rings. The van der Waals surface area contributed by atoms with Gasteiger partial charge in [0.2, 0.25) is 0 Å². The topological polar surface area (TPSA) is 35.5 Å². The third-order valence-corrected chi connectivity index (χ3v) is 2.07. The van der Waals surface area contributed by atoms with Crippen molar-refractivity contribution in [3.05, 3.63) is 29.8 Å². The van der Waals surface area contributed by atoms with E-state index in [0.29, 0.717) is 30.9 Å². The van der Waals surface area contributed by atoms with Gasteiger partial charge in [-0.3, -0.25) is 4.79 Å². The van der Waals surface area contributed by atoms with Crippen LogP contribution in [0.1, 0.15) is 23.7 Å². The lowest BCUT2D eigenvalue weighted by Crippen LogP contribution is -2.04. The van der Waals surface area contributed by atoms with Crippen molar-refractivity contribution < 1.29 is 14.3 Å². The zero-order chi connectivity index (χ0) is 11.1. The van der Waals surface area contributed by atoms with Crippen molar-refractivity contribution in [2.24, 2.45) is 0 Å². The number of hydrogen-bond donors (Lipinski definition) is 0. The first-order valence-corrected chi connectivity index (χ1v) is 5.03. The largest absolute Gasteiger partial charge is 0.497 e. The van der Waals surface area contributed by atoms with Crippen LogP contribution in [0.2, 0.25) is 0 Å². The van der Waals surface area contributed by atoms with Gasteiger partial charge in [0.15, 0.2) is 5.78 Å². The van der Waals surface area contributed by atoms with E-state index in [1.54, 1.807) is 19.2 Å². The summed E-state index contributed by atoms with van der Waals surface area (Å²) in [6.45, 7) is 3.04. The molecule has 0 amide bonds. The van der Waals surface area contributed by atoms with Crippen molar-refractivity contribution in [3.63, 3.8) is 0 Å². The quantitative estimate of drug-likeness (QED) is 0.531. The fourth-order valence-electron chi connectivity index (χ4n) is 1.25. The molecule has 1 aromatic rings. The van der Waals surface area contributed by atoms with Crippen LogP contribution < -0.4 is 4.74 Å². The van der Waals surface area contributed by atoms with Crippen LogP contribution in [0.25, 0.3) is 0 Å². The first-order chi connectivity index (χ1) is 7.27. The Kier molecular flexibility index (Phi) is 4.84. The highest BCUT2D eigenvalue weighted by Crippen LogP contribution is 2.13. The van der Waals surface area contributed by atoms with Gasteiger partial charge in [0.1, 0.15) is 5.75 Å². The predicted octanol–water partition coefficient (Wildman–Crippen LogP) is 2.30. The number of ketones is 1. The maximum absolute atomic E-state index is 11.7. The molecule has 0 bridgehead atoms. The summed E-state index contributed by atoms with van der Waals surface area (Å²) in [5.74, 6) is 0.791. The molecule has 0 aromatic heterocycles. The normalized spacial score (nSPS) is 10.0. The summed E-state index contributed by atoms with van der Waals surface area (Å²) >= 11 is 0. The summed E-state index contributed by atoms with van der Waals surface area (Å²) in [6.07, 6.45) is 0.418. The van der Waals surface area contributed by atoms with Gasteiger partial charge in [-0.1, -0.05) is 12.1 Å². The molecule has 0 saturated heterocycles. The number of methoxy groups -OCH3 is 1. The van der Waals surface area contributed by atoms with Crippen molar-refractivity contribution in [3.8, 4) is 5.75 Å². The van der Waals surface area contributed by atoms with Crippen molar-refractivity contribution >= 4 is 5.78 Å². The molecule has 0 fully saturated rings. The molecule has 3 nitrogen and oxygen atoms in total. The van der Waals surface area contributed by atoms with E-state index in [0.717, 1.165) is 0 Å². The molecule has 0 aliphatic heterocycles. The van der Waals surface area contributed by atoms with E-state index in [9.17, 15) is 4.79 Å². The Labute approximate surface area is 90.0 Å². The monoisotopic (exact) mass is 208 g/mol. The first-order valence-electron chi connectivity index (χ1n) is 5.03. The number of ether oxygens (including phenoxy) is 2. The van der Waals surface area contributed by atoms with Crippen LogP contribution in [0.3, 0.4) is 0 Å². The maximum atomic E-state index is 11.7. The molecule has 1 rings (SSSR count). The van der Waals surface area contributed by atoms with Gasteiger partial charge >= 0.3 is 0 Å². The van der Waals surface area contributed by atoms with E-state index >= 15 is 0 Å². The van der Waals surface area contributed by atoms with Crippen molar-refractivity contribution in [1.29, 1.82) is 0 Å². The van der Waals surface area contributed by atoms with Crippen LogP contribution in [0, 0.1) is 0 Å². The van der Waals surface area contributed by atoms with Crippen LogP contribution in [0.15, 0.2) is 24.3 Å². The van der Waals surface area contributed by atoms with Gasteiger partial charge < -0.3 is 9.47 Å². The number of benzene rings is 1. The first kappa shape index (κ1) is 11.7. The lowest BCUT2D eigenvalue weighted by molar-refractivity contribution is 0.0895. The van der Waals surface area contributed by atoms with Crippen LogP contribution in [0.4, 0.5) is 0 Å². The molecule has 3 heteroatoms. The van der Waals surface area contributed by atoms with Gasteiger partial charge in [0.25, 0.3) is 0 Å². The number of carbonyl (C=O) groups is 1. The Hall–Kier alpha value is -1.35. The van der Waals surface area contributed by atoms with Gasteiger partial charge in [-0.25, -0.2) is 0 Å². The number of Topliss-reactive ketones (excluding diaryl/α,β-unsaturated/α-hetero) is 1. The van der Waals surface area contributed by atoms with E-state index in [4.69, 9.17) is 9.47 Å². The number of carbonyl (C=O) groups excluding carboxylic acids is 1. The smallest absolute Gasteiger partial charge is 0.165 e. The Balaban J connectivity index is 2.57. The van der Waals surface area contributed by atoms with Gasteiger partial charge in [-0.15, -0.1) is 0 Å². The minimum Gasteiger partial charge on any atom is -0.497 e. The molecule has 0 heterocycles. The summed E-state index contributed by atoms with van der Waals surface area (Å²) < 4.78 is 10.2. The lowest BCUT2D eigenvalue weighted by atomic mass is 10.1. The highest BCUT2D eigenvalue weighted by Gasteiger charge is 2.06. The minimum absolute atomic E-state index is 0.0855. The molecule has 0 unspecified atom stereocenters. The van der Waals surface area contributed by atoms with Crippen molar-refractivity contribution in [2.75, 3.05) is 20.3 Å². The fraction of sp³-hybridized carbons (Fsp3) is 0.417. The van der Waals surface area contributed by atoms with E-state index < -0.39 is 0 Å². The van der Waals surface area contributed by atoms with Gasteiger partial charge in [0.05, 0.1) is 13.7 Å². The molecule has 0 aliphatic carbocycles. The van der Waals surface area contributed by atoms with E-state index in [-0.39, 0.29) is 5.78 Å². The molecule has 0 N–H and O–H groups in total. The molecule has 1 aromatic carbocycles. The average Bonchev–Trinajstić information content (AvgIpc) is 2.29. The Morgan fingerprint density at radius 3 is 2.87 bits per heavy atom. The highest BCUT2D eigenvalue weighted by molar-refractivity contribution is 5.96. The van der Waals surface area contributed by atoms with Crippen molar-refractivity contribution in [2.45, 2.75) is 13.3 Å². The van der Waals surface area contributed by atoms with E-state index in [1.807, 2.05) is 19.1 Å². The number of rotatable bonds is 6. The molecule has 0 saturated carbocycles. The lowest BCUT2D eigenvalue weighted by Gasteiger charge is -2.03. The SMILES string of the molecule is CCOCCC(=O)c1cccc(OC)c1. The zero-order valence-corrected chi connectivity index (χ0v) is 9.16. The standard InChI is InChI=1S/C12H16O3/c1-3-15-8-7-12(13)10-5-4-6-11(9-10)14-2/h4-6,9H,3,7-8H2,1-2H3. The summed E-state index contributed by atoms with van der Waals surface area (Å²) in [5.41, 5.74) is 0.675. The van der Waals surface area contributed by atoms with Crippen LogP contribution >= 0.6 is 0 Å². The second-order valence-electron chi connectivity index (χ2n) is 3.10. The second-order valence-corrected chi connectivity index (χ2v) is 3.10. The number of hydrogen-bond acceptors (Lipinski definition) is 3. The Morgan fingerprint density at radius 2 is 2.20 bits per heavy atom.